The lowest BCUT2D eigenvalue weighted by Crippen LogP contribution is -2.26. The van der Waals surface area contributed by atoms with Crippen molar-refractivity contribution in [2.24, 2.45) is 5.73 Å². The molecule has 0 radical (unpaired) electrons. The molecule has 5 heteroatoms. The topological polar surface area (TPSA) is 72.6 Å². The molecular weight excluding hydrogens is 280 g/mol. The van der Waals surface area contributed by atoms with E-state index in [0.29, 0.717) is 11.1 Å². The monoisotopic (exact) mass is 298 g/mol. The quantitative estimate of drug-likeness (QED) is 0.858. The molecule has 0 saturated heterocycles. The van der Waals surface area contributed by atoms with Crippen LogP contribution < -0.4 is 10.6 Å². The highest BCUT2D eigenvalue weighted by Gasteiger charge is 2.23. The highest BCUT2D eigenvalue weighted by Crippen LogP contribution is 2.20. The Bertz CT molecular complexity index is 651. The van der Waals surface area contributed by atoms with Gasteiger partial charge in [0.15, 0.2) is 0 Å². The summed E-state index contributed by atoms with van der Waals surface area (Å²) in [5.74, 6) is -1.29. The Kier molecular flexibility index (Phi) is 4.78. The number of hydrogen-bond acceptors (Lipinski definition) is 4. The maximum atomic E-state index is 12.2. The van der Waals surface area contributed by atoms with Gasteiger partial charge in [-0.2, -0.15) is 0 Å². The Labute approximate surface area is 129 Å². The Hall–Kier alpha value is -2.82. The van der Waals surface area contributed by atoms with Gasteiger partial charge in [0.25, 0.3) is 5.91 Å². The lowest BCUT2D eigenvalue weighted by Gasteiger charge is -2.16. The van der Waals surface area contributed by atoms with Gasteiger partial charge in [-0.3, -0.25) is 4.79 Å². The fourth-order valence-corrected chi connectivity index (χ4v) is 1.99. The van der Waals surface area contributed by atoms with Crippen molar-refractivity contribution in [3.8, 4) is 0 Å². The summed E-state index contributed by atoms with van der Waals surface area (Å²) in [5.41, 5.74) is 7.22. The summed E-state index contributed by atoms with van der Waals surface area (Å²) in [5, 5.41) is 0. The Morgan fingerprint density at radius 2 is 1.59 bits per heavy atom. The van der Waals surface area contributed by atoms with Crippen molar-refractivity contribution in [2.75, 3.05) is 19.0 Å². The molecule has 0 saturated carbocycles. The van der Waals surface area contributed by atoms with Gasteiger partial charge >= 0.3 is 5.97 Å². The zero-order valence-corrected chi connectivity index (χ0v) is 12.5. The van der Waals surface area contributed by atoms with Crippen molar-refractivity contribution in [2.45, 2.75) is 6.10 Å². The fraction of sp³-hybridized carbons (Fsp3) is 0.176. The molecule has 5 nitrogen and oxygen atoms in total. The second-order valence-electron chi connectivity index (χ2n) is 5.04. The number of esters is 1. The molecule has 2 rings (SSSR count). The average molecular weight is 298 g/mol. The summed E-state index contributed by atoms with van der Waals surface area (Å²) in [7, 11) is 3.82. The molecule has 0 fully saturated rings. The zero-order chi connectivity index (χ0) is 16.1. The van der Waals surface area contributed by atoms with E-state index in [0.717, 1.165) is 5.69 Å². The maximum Gasteiger partial charge on any atom is 0.339 e. The van der Waals surface area contributed by atoms with E-state index in [1.807, 2.05) is 25.1 Å². The van der Waals surface area contributed by atoms with Crippen LogP contribution in [0.4, 0.5) is 5.69 Å². The minimum atomic E-state index is -1.10. The Morgan fingerprint density at radius 3 is 2.09 bits per heavy atom. The molecule has 0 heterocycles. The standard InChI is InChI=1S/C17H18N2O3/c1-19(2)14-10-8-13(9-11-14)17(21)22-15(16(18)20)12-6-4-3-5-7-12/h3-11,15H,1-2H3,(H2,18,20). The summed E-state index contributed by atoms with van der Waals surface area (Å²) < 4.78 is 5.26. The third kappa shape index (κ3) is 3.63. The van der Waals surface area contributed by atoms with Gasteiger partial charge in [0, 0.05) is 25.3 Å². The molecule has 0 aliphatic carbocycles. The molecule has 2 aromatic carbocycles. The van der Waals surface area contributed by atoms with Gasteiger partial charge in [-0.05, 0) is 24.3 Å². The number of nitrogens with zero attached hydrogens (tertiary/aromatic N) is 1. The third-order valence-electron chi connectivity index (χ3n) is 3.21. The summed E-state index contributed by atoms with van der Waals surface area (Å²) in [4.78, 5) is 25.6. The van der Waals surface area contributed by atoms with Crippen LogP contribution in [0.1, 0.15) is 22.0 Å². The van der Waals surface area contributed by atoms with Gasteiger partial charge in [-0.25, -0.2) is 4.79 Å². The largest absolute Gasteiger partial charge is 0.444 e. The molecule has 0 aromatic heterocycles. The molecule has 1 unspecified atom stereocenters. The second kappa shape index (κ2) is 6.76. The lowest BCUT2D eigenvalue weighted by molar-refractivity contribution is -0.127. The molecule has 1 amide bonds. The van der Waals surface area contributed by atoms with E-state index in [1.54, 1.807) is 48.5 Å². The Balaban J connectivity index is 2.16. The number of carbonyl (C=O) groups excluding carboxylic acids is 2. The SMILES string of the molecule is CN(C)c1ccc(C(=O)OC(C(N)=O)c2ccccc2)cc1. The Morgan fingerprint density at radius 1 is 1.00 bits per heavy atom. The predicted molar refractivity (Wildman–Crippen MR) is 84.6 cm³/mol. The molecule has 22 heavy (non-hydrogen) atoms. The lowest BCUT2D eigenvalue weighted by atomic mass is 10.1. The van der Waals surface area contributed by atoms with Gasteiger partial charge in [-0.15, -0.1) is 0 Å². The van der Waals surface area contributed by atoms with Crippen LogP contribution in [0.25, 0.3) is 0 Å². The number of hydrogen-bond donors (Lipinski definition) is 1. The first-order chi connectivity index (χ1) is 10.5. The first-order valence-electron chi connectivity index (χ1n) is 6.81. The van der Waals surface area contributed by atoms with Crippen LogP contribution in [0, 0.1) is 0 Å². The fourth-order valence-electron chi connectivity index (χ4n) is 1.99. The van der Waals surface area contributed by atoms with Gasteiger partial charge in [0.2, 0.25) is 6.10 Å². The number of nitrogens with two attached hydrogens (primary N) is 1. The summed E-state index contributed by atoms with van der Waals surface area (Å²) in [6.07, 6.45) is -1.10. The summed E-state index contributed by atoms with van der Waals surface area (Å²) in [6, 6.07) is 15.6. The van der Waals surface area contributed by atoms with Crippen LogP contribution >= 0.6 is 0 Å². The average Bonchev–Trinajstić information content (AvgIpc) is 2.53. The second-order valence-corrected chi connectivity index (χ2v) is 5.04. The first kappa shape index (κ1) is 15.6. The van der Waals surface area contributed by atoms with Crippen molar-refractivity contribution >= 4 is 17.6 Å². The van der Waals surface area contributed by atoms with E-state index < -0.39 is 18.0 Å². The normalized spacial score (nSPS) is 11.5. The molecule has 0 aliphatic rings. The number of carbonyl (C=O) groups is 2. The van der Waals surface area contributed by atoms with Gasteiger partial charge in [0.1, 0.15) is 0 Å². The molecule has 0 aliphatic heterocycles. The molecule has 2 N–H and O–H groups in total. The zero-order valence-electron chi connectivity index (χ0n) is 12.5. The van der Waals surface area contributed by atoms with E-state index in [2.05, 4.69) is 0 Å². The molecular formula is C17H18N2O3. The van der Waals surface area contributed by atoms with Crippen molar-refractivity contribution in [3.63, 3.8) is 0 Å². The molecule has 1 atom stereocenters. The van der Waals surface area contributed by atoms with Crippen LogP contribution in [-0.2, 0) is 9.53 Å². The van der Waals surface area contributed by atoms with Crippen molar-refractivity contribution in [3.05, 3.63) is 65.7 Å². The van der Waals surface area contributed by atoms with Crippen LogP contribution in [0.5, 0.6) is 0 Å². The van der Waals surface area contributed by atoms with E-state index in [9.17, 15) is 9.59 Å². The van der Waals surface area contributed by atoms with Gasteiger partial charge < -0.3 is 15.4 Å². The van der Waals surface area contributed by atoms with Crippen molar-refractivity contribution in [1.29, 1.82) is 0 Å². The van der Waals surface area contributed by atoms with Crippen molar-refractivity contribution in [1.82, 2.24) is 0 Å². The number of primary amides is 1. The maximum absolute atomic E-state index is 12.2. The van der Waals surface area contributed by atoms with Crippen LogP contribution in [0.15, 0.2) is 54.6 Å². The summed E-state index contributed by atoms with van der Waals surface area (Å²) in [6.45, 7) is 0. The molecule has 0 bridgehead atoms. The number of anilines is 1. The highest BCUT2D eigenvalue weighted by molar-refractivity contribution is 5.92. The van der Waals surface area contributed by atoms with Gasteiger partial charge in [-0.1, -0.05) is 30.3 Å². The highest BCUT2D eigenvalue weighted by atomic mass is 16.5. The van der Waals surface area contributed by atoms with Crippen LogP contribution in [0.3, 0.4) is 0 Å². The van der Waals surface area contributed by atoms with Crippen molar-refractivity contribution < 1.29 is 14.3 Å². The number of amides is 1. The number of benzene rings is 2. The molecule has 2 aromatic rings. The first-order valence-corrected chi connectivity index (χ1v) is 6.81. The smallest absolute Gasteiger partial charge is 0.339 e. The number of rotatable bonds is 5. The van der Waals surface area contributed by atoms with E-state index in [4.69, 9.17) is 10.5 Å². The number of ether oxygens (including phenoxy) is 1. The predicted octanol–water partition coefficient (Wildman–Crippen LogP) is 2.14. The molecule has 0 spiro atoms. The van der Waals surface area contributed by atoms with Crippen LogP contribution in [0.2, 0.25) is 0 Å². The summed E-state index contributed by atoms with van der Waals surface area (Å²) >= 11 is 0. The van der Waals surface area contributed by atoms with E-state index in [1.165, 1.54) is 0 Å². The minimum absolute atomic E-state index is 0.368. The third-order valence-corrected chi connectivity index (χ3v) is 3.21. The molecule has 114 valence electrons. The van der Waals surface area contributed by atoms with E-state index in [-0.39, 0.29) is 0 Å². The van der Waals surface area contributed by atoms with E-state index >= 15 is 0 Å². The minimum Gasteiger partial charge on any atom is -0.444 e. The van der Waals surface area contributed by atoms with Crippen LogP contribution in [-0.4, -0.2) is 26.0 Å². The van der Waals surface area contributed by atoms with Gasteiger partial charge in [0.05, 0.1) is 5.56 Å².